The van der Waals surface area contributed by atoms with E-state index in [2.05, 4.69) is 67.9 Å². The molecule has 2 rings (SSSR count). The van der Waals surface area contributed by atoms with Gasteiger partial charge in [0.25, 0.3) is 0 Å². The zero-order valence-electron chi connectivity index (χ0n) is 15.3. The fraction of sp³-hybridized carbons (Fsp3) is 0.444. The van der Waals surface area contributed by atoms with Gasteiger partial charge in [0, 0.05) is 0 Å². The molecule has 0 spiro atoms. The van der Waals surface area contributed by atoms with Crippen LogP contribution in [0, 0.1) is 46.0 Å². The summed E-state index contributed by atoms with van der Waals surface area (Å²) in [4.78, 5) is 0. The molecule has 0 heterocycles. The minimum atomic E-state index is -0.556. The van der Waals surface area contributed by atoms with E-state index in [4.69, 9.17) is 38.3 Å². The van der Waals surface area contributed by atoms with Gasteiger partial charge in [-0.25, -0.2) is 17.6 Å². The molecule has 0 bridgehead atoms. The Morgan fingerprint density at radius 2 is 1.29 bits per heavy atom. The van der Waals surface area contributed by atoms with E-state index in [1.54, 1.807) is 0 Å². The normalized spacial score (nSPS) is 14.3. The molecular weight excluding hydrogens is 742 g/mol. The molecule has 0 atom stereocenters. The molecule has 0 aliphatic heterocycles. The molecule has 1 aliphatic rings. The Bertz CT molecular complexity index is 471. The second-order valence-corrected chi connectivity index (χ2v) is 12.5. The van der Waals surface area contributed by atoms with Crippen LogP contribution >= 0.6 is 38.3 Å². The Balaban J connectivity index is 0. The van der Waals surface area contributed by atoms with Gasteiger partial charge in [-0.05, 0) is 0 Å². The van der Waals surface area contributed by atoms with Crippen molar-refractivity contribution in [3.05, 3.63) is 57.7 Å². The molecule has 2 radical (unpaired) electrons. The van der Waals surface area contributed by atoms with Gasteiger partial charge < -0.3 is 0 Å². The van der Waals surface area contributed by atoms with Crippen molar-refractivity contribution in [2.75, 3.05) is 0 Å². The van der Waals surface area contributed by atoms with Gasteiger partial charge in [-0.1, -0.05) is 60.3 Å². The van der Waals surface area contributed by atoms with E-state index in [1.807, 2.05) is 0 Å². The van der Waals surface area contributed by atoms with Crippen molar-refractivity contribution in [1.82, 2.24) is 0 Å². The number of hydrogen-bond acceptors (Lipinski definition) is 0. The van der Waals surface area contributed by atoms with Crippen molar-refractivity contribution < 1.29 is 31.3 Å². The third kappa shape index (κ3) is 10.5. The van der Waals surface area contributed by atoms with E-state index in [0.717, 1.165) is 0 Å². The van der Waals surface area contributed by atoms with Crippen molar-refractivity contribution in [3.63, 3.8) is 0 Å². The van der Waals surface area contributed by atoms with Crippen LogP contribution < -0.4 is 0 Å². The minimum absolute atomic E-state index is 0.556. The molecule has 0 fully saturated rings. The third-order valence-corrected chi connectivity index (χ3v) is 4.36. The monoisotopic (exact) mass is 768 g/mol. The molecule has 0 nitrogen and oxygen atoms in total. The molecule has 0 saturated heterocycles. The topological polar surface area (TPSA) is 0 Å². The van der Waals surface area contributed by atoms with Crippen LogP contribution in [0.1, 0.15) is 49.9 Å². The van der Waals surface area contributed by atoms with E-state index in [1.165, 1.54) is 45.2 Å². The Morgan fingerprint density at radius 3 is 1.38 bits per heavy atom. The first-order valence-corrected chi connectivity index (χ1v) is 19.0. The molecule has 1 aliphatic carbocycles. The summed E-state index contributed by atoms with van der Waals surface area (Å²) in [6, 6.07) is 2.24. The summed E-state index contributed by atoms with van der Waals surface area (Å²) in [7, 11) is 19.6. The summed E-state index contributed by atoms with van der Waals surface area (Å²) in [5.74, 6) is 2.87. The first-order valence-electron chi connectivity index (χ1n) is 7.16. The number of aryl methyl sites for hydroxylation is 2. The van der Waals surface area contributed by atoms with Crippen LogP contribution in [0.3, 0.4) is 0 Å². The van der Waals surface area contributed by atoms with Crippen molar-refractivity contribution in [1.29, 1.82) is 0 Å². The standard InChI is InChI=1S/2C9H13.4ClH.2Ir/c2*1-6-5-7(2)9(4)8(6)3;;;;;;/h2*5H,1-4H3;4*1H;;/q2*-1;;;;;2*+3/p-4. The fourth-order valence-corrected chi connectivity index (χ4v) is 2.27. The zero-order chi connectivity index (χ0) is 19.4. The van der Waals surface area contributed by atoms with Crippen LogP contribution in [0.4, 0.5) is 0 Å². The second-order valence-electron chi connectivity index (χ2n) is 5.62. The SMILES string of the molecule is C[C]1[CH-]C(C)=C(C)[C]1C.Cc1c[c-](C)c(C)c1C.[Cl][Ir+][Cl].[Cl][Ir+][Cl]. The summed E-state index contributed by atoms with van der Waals surface area (Å²) in [5, 5.41) is 0. The van der Waals surface area contributed by atoms with Crippen molar-refractivity contribution >= 4 is 38.3 Å². The van der Waals surface area contributed by atoms with Crippen LogP contribution in [-0.2, 0) is 31.3 Å². The molecule has 24 heavy (non-hydrogen) atoms. The summed E-state index contributed by atoms with van der Waals surface area (Å²) >= 11 is -1.11. The summed E-state index contributed by atoms with van der Waals surface area (Å²) in [6.07, 6.45) is 2.24. The number of allylic oxidation sites excluding steroid dienone is 2. The van der Waals surface area contributed by atoms with Crippen LogP contribution in [0.5, 0.6) is 0 Å². The Labute approximate surface area is 181 Å². The molecule has 1 aromatic carbocycles. The van der Waals surface area contributed by atoms with Crippen molar-refractivity contribution in [2.24, 2.45) is 0 Å². The van der Waals surface area contributed by atoms with Crippen LogP contribution in [0.25, 0.3) is 0 Å². The molecule has 0 unspecified atom stereocenters. The number of hydrogen-bond donors (Lipinski definition) is 0. The van der Waals surface area contributed by atoms with E-state index in [-0.39, 0.29) is 0 Å². The molecule has 0 N–H and O–H groups in total. The Kier molecular flexibility index (Phi) is 17.8. The van der Waals surface area contributed by atoms with Gasteiger partial charge in [0.05, 0.1) is 0 Å². The number of halogens is 4. The molecular formula is C18H26Cl4Ir2. The molecule has 0 aromatic heterocycles. The third-order valence-electron chi connectivity index (χ3n) is 4.36. The average molecular weight is 769 g/mol. The van der Waals surface area contributed by atoms with Crippen LogP contribution in [-0.4, -0.2) is 0 Å². The van der Waals surface area contributed by atoms with E-state index >= 15 is 0 Å². The molecule has 144 valence electrons. The summed E-state index contributed by atoms with van der Waals surface area (Å²) < 4.78 is 0. The molecule has 6 heteroatoms. The van der Waals surface area contributed by atoms with Gasteiger partial charge in [-0.2, -0.15) is 28.3 Å². The first kappa shape index (κ1) is 27.6. The predicted octanol–water partition coefficient (Wildman–Crippen LogP) is 8.12. The van der Waals surface area contributed by atoms with Gasteiger partial charge >= 0.3 is 69.7 Å². The average Bonchev–Trinajstić information content (AvgIpc) is 2.86. The van der Waals surface area contributed by atoms with Crippen molar-refractivity contribution in [3.8, 4) is 0 Å². The van der Waals surface area contributed by atoms with Gasteiger partial charge in [-0.3, -0.25) is 0 Å². The van der Waals surface area contributed by atoms with Crippen molar-refractivity contribution in [2.45, 2.75) is 55.4 Å². The summed E-state index contributed by atoms with van der Waals surface area (Å²) in [5.41, 5.74) is 8.62. The second kappa shape index (κ2) is 15.5. The van der Waals surface area contributed by atoms with E-state index in [9.17, 15) is 0 Å². The van der Waals surface area contributed by atoms with E-state index < -0.39 is 31.3 Å². The van der Waals surface area contributed by atoms with E-state index in [0.29, 0.717) is 0 Å². The quantitative estimate of drug-likeness (QED) is 0.234. The molecule has 0 saturated carbocycles. The molecule has 1 aromatic rings. The molecule has 0 amide bonds. The van der Waals surface area contributed by atoms with Gasteiger partial charge in [0.1, 0.15) is 0 Å². The maximum atomic E-state index is 4.89. The zero-order valence-corrected chi connectivity index (χ0v) is 23.1. The maximum absolute atomic E-state index is 4.89. The van der Waals surface area contributed by atoms with Crippen LogP contribution in [0.2, 0.25) is 0 Å². The van der Waals surface area contributed by atoms with Gasteiger partial charge in [-0.15, -0.1) is 6.92 Å². The van der Waals surface area contributed by atoms with Gasteiger partial charge in [0.15, 0.2) is 0 Å². The fourth-order valence-electron chi connectivity index (χ4n) is 2.27. The number of rotatable bonds is 0. The van der Waals surface area contributed by atoms with Crippen LogP contribution in [0.15, 0.2) is 17.2 Å². The first-order chi connectivity index (χ1) is 11.1. The summed E-state index contributed by atoms with van der Waals surface area (Å²) in [6.45, 7) is 17.4. The Morgan fingerprint density at radius 1 is 0.875 bits per heavy atom. The Hall–Kier alpha value is 1.42. The predicted molar refractivity (Wildman–Crippen MR) is 105 cm³/mol. The van der Waals surface area contributed by atoms with Gasteiger partial charge in [0.2, 0.25) is 0 Å².